The van der Waals surface area contributed by atoms with Gasteiger partial charge in [0.1, 0.15) is 0 Å². The van der Waals surface area contributed by atoms with E-state index < -0.39 is 0 Å². The minimum absolute atomic E-state index is 0.0617. The average Bonchev–Trinajstić information content (AvgIpc) is 3.13. The molecule has 2 aromatic carbocycles. The SMILES string of the molecule is COc1cccc(/C=N\NC(=O)CNc2ccc3c(c2)OCO3)c1OC. The third-order valence-electron chi connectivity index (χ3n) is 3.65. The molecule has 0 saturated heterocycles. The fourth-order valence-corrected chi connectivity index (χ4v) is 2.42. The molecule has 0 aliphatic carbocycles. The first kappa shape index (κ1) is 17.4. The molecule has 2 N–H and O–H groups in total. The molecule has 1 aliphatic heterocycles. The van der Waals surface area contributed by atoms with E-state index in [0.29, 0.717) is 28.6 Å². The van der Waals surface area contributed by atoms with Crippen molar-refractivity contribution in [2.75, 3.05) is 32.9 Å². The molecular weight excluding hydrogens is 338 g/mol. The van der Waals surface area contributed by atoms with Crippen LogP contribution in [-0.2, 0) is 4.79 Å². The number of carbonyl (C=O) groups excluding carboxylic acids is 1. The molecule has 0 atom stereocenters. The third kappa shape index (κ3) is 3.97. The van der Waals surface area contributed by atoms with Crippen LogP contribution < -0.4 is 29.7 Å². The molecule has 0 radical (unpaired) electrons. The molecular formula is C18H19N3O5. The van der Waals surface area contributed by atoms with Crippen molar-refractivity contribution < 1.29 is 23.7 Å². The van der Waals surface area contributed by atoms with Gasteiger partial charge in [0, 0.05) is 17.3 Å². The molecule has 0 fully saturated rings. The van der Waals surface area contributed by atoms with Crippen LogP contribution in [0.3, 0.4) is 0 Å². The Morgan fingerprint density at radius 3 is 2.85 bits per heavy atom. The smallest absolute Gasteiger partial charge is 0.259 e. The van der Waals surface area contributed by atoms with Gasteiger partial charge in [-0.2, -0.15) is 5.10 Å². The lowest BCUT2D eigenvalue weighted by Gasteiger charge is -2.09. The summed E-state index contributed by atoms with van der Waals surface area (Å²) in [5.74, 6) is 2.19. The second kappa shape index (κ2) is 8.11. The molecule has 0 bridgehead atoms. The summed E-state index contributed by atoms with van der Waals surface area (Å²) >= 11 is 0. The van der Waals surface area contributed by atoms with Gasteiger partial charge in [-0.05, 0) is 24.3 Å². The highest BCUT2D eigenvalue weighted by Crippen LogP contribution is 2.34. The van der Waals surface area contributed by atoms with Gasteiger partial charge in [-0.25, -0.2) is 5.43 Å². The average molecular weight is 357 g/mol. The fourth-order valence-electron chi connectivity index (χ4n) is 2.42. The summed E-state index contributed by atoms with van der Waals surface area (Å²) in [6, 6.07) is 10.8. The van der Waals surface area contributed by atoms with Crippen molar-refractivity contribution in [2.24, 2.45) is 5.10 Å². The summed E-state index contributed by atoms with van der Waals surface area (Å²) in [5, 5.41) is 6.95. The number of methoxy groups -OCH3 is 2. The quantitative estimate of drug-likeness (QED) is 0.582. The molecule has 1 amide bonds. The molecule has 1 aliphatic rings. The Bertz CT molecular complexity index is 822. The fraction of sp³-hybridized carbons (Fsp3) is 0.222. The van der Waals surface area contributed by atoms with Gasteiger partial charge in [0.2, 0.25) is 6.79 Å². The molecule has 8 nitrogen and oxygen atoms in total. The Hall–Kier alpha value is -3.42. The van der Waals surface area contributed by atoms with Gasteiger partial charge in [0.25, 0.3) is 5.91 Å². The number of fused-ring (bicyclic) bond motifs is 1. The van der Waals surface area contributed by atoms with Crippen LogP contribution in [0.1, 0.15) is 5.56 Å². The zero-order valence-corrected chi connectivity index (χ0v) is 14.4. The summed E-state index contributed by atoms with van der Waals surface area (Å²) < 4.78 is 21.1. The topological polar surface area (TPSA) is 90.4 Å². The maximum absolute atomic E-state index is 11.9. The van der Waals surface area contributed by atoms with E-state index in [1.807, 2.05) is 18.2 Å². The number of nitrogens with zero attached hydrogens (tertiary/aromatic N) is 1. The van der Waals surface area contributed by atoms with E-state index in [0.717, 1.165) is 5.69 Å². The minimum atomic E-state index is -0.291. The lowest BCUT2D eigenvalue weighted by atomic mass is 10.2. The number of carbonyl (C=O) groups is 1. The number of rotatable bonds is 7. The second-order valence-corrected chi connectivity index (χ2v) is 5.30. The normalized spacial score (nSPS) is 12.1. The third-order valence-corrected chi connectivity index (χ3v) is 3.65. The summed E-state index contributed by atoms with van der Waals surface area (Å²) in [6.45, 7) is 0.272. The van der Waals surface area contributed by atoms with E-state index in [1.54, 1.807) is 32.4 Å². The van der Waals surface area contributed by atoms with Crippen LogP contribution in [0.5, 0.6) is 23.0 Å². The highest BCUT2D eigenvalue weighted by Gasteiger charge is 2.13. The summed E-state index contributed by atoms with van der Waals surface area (Å²) in [6.07, 6.45) is 1.50. The molecule has 1 heterocycles. The Morgan fingerprint density at radius 1 is 1.19 bits per heavy atom. The van der Waals surface area contributed by atoms with Crippen molar-refractivity contribution in [3.8, 4) is 23.0 Å². The zero-order chi connectivity index (χ0) is 18.4. The molecule has 3 rings (SSSR count). The molecule has 136 valence electrons. The van der Waals surface area contributed by atoms with Gasteiger partial charge in [0.05, 0.1) is 27.0 Å². The Kier molecular flexibility index (Phi) is 5.43. The van der Waals surface area contributed by atoms with Crippen molar-refractivity contribution in [1.29, 1.82) is 0 Å². The van der Waals surface area contributed by atoms with Crippen molar-refractivity contribution in [3.63, 3.8) is 0 Å². The standard InChI is InChI=1S/C18H19N3O5/c1-23-15-5-3-4-12(18(15)24-2)9-20-21-17(22)10-19-13-6-7-14-16(8-13)26-11-25-14/h3-9,19H,10-11H2,1-2H3,(H,21,22)/b20-9-. The highest BCUT2D eigenvalue weighted by molar-refractivity contribution is 5.87. The monoisotopic (exact) mass is 357 g/mol. The van der Waals surface area contributed by atoms with E-state index >= 15 is 0 Å². The molecule has 26 heavy (non-hydrogen) atoms. The minimum Gasteiger partial charge on any atom is -0.493 e. The number of para-hydroxylation sites is 1. The van der Waals surface area contributed by atoms with Gasteiger partial charge in [-0.15, -0.1) is 0 Å². The molecule has 0 aromatic heterocycles. The molecule has 0 saturated carbocycles. The lowest BCUT2D eigenvalue weighted by molar-refractivity contribution is -0.119. The number of nitrogens with one attached hydrogen (secondary N) is 2. The predicted molar refractivity (Wildman–Crippen MR) is 96.3 cm³/mol. The number of hydrogen-bond acceptors (Lipinski definition) is 7. The van der Waals surface area contributed by atoms with Gasteiger partial charge >= 0.3 is 0 Å². The Morgan fingerprint density at radius 2 is 2.04 bits per heavy atom. The molecule has 0 unspecified atom stereocenters. The van der Waals surface area contributed by atoms with Crippen LogP contribution in [-0.4, -0.2) is 39.7 Å². The van der Waals surface area contributed by atoms with Gasteiger partial charge in [-0.3, -0.25) is 4.79 Å². The Balaban J connectivity index is 1.53. The number of anilines is 1. The van der Waals surface area contributed by atoms with Gasteiger partial charge in [0.15, 0.2) is 23.0 Å². The molecule has 0 spiro atoms. The first-order valence-electron chi connectivity index (χ1n) is 7.87. The first-order chi connectivity index (χ1) is 12.7. The maximum Gasteiger partial charge on any atom is 0.259 e. The maximum atomic E-state index is 11.9. The number of amides is 1. The van der Waals surface area contributed by atoms with Gasteiger partial charge in [-0.1, -0.05) is 6.07 Å². The molecule has 8 heteroatoms. The lowest BCUT2D eigenvalue weighted by Crippen LogP contribution is -2.25. The molecule has 2 aromatic rings. The van der Waals surface area contributed by atoms with Crippen LogP contribution in [0.25, 0.3) is 0 Å². The van der Waals surface area contributed by atoms with Crippen molar-refractivity contribution in [2.45, 2.75) is 0 Å². The Labute approximate surface area is 150 Å². The van der Waals surface area contributed by atoms with Crippen molar-refractivity contribution in [3.05, 3.63) is 42.0 Å². The van der Waals surface area contributed by atoms with Crippen molar-refractivity contribution >= 4 is 17.8 Å². The highest BCUT2D eigenvalue weighted by atomic mass is 16.7. The van der Waals surface area contributed by atoms with Gasteiger partial charge < -0.3 is 24.3 Å². The summed E-state index contributed by atoms with van der Waals surface area (Å²) in [7, 11) is 3.10. The van der Waals surface area contributed by atoms with E-state index in [1.165, 1.54) is 6.21 Å². The summed E-state index contributed by atoms with van der Waals surface area (Å²) in [4.78, 5) is 11.9. The first-order valence-corrected chi connectivity index (χ1v) is 7.87. The van der Waals surface area contributed by atoms with Crippen LogP contribution in [0.2, 0.25) is 0 Å². The summed E-state index contributed by atoms with van der Waals surface area (Å²) in [5.41, 5.74) is 3.90. The van der Waals surface area contributed by atoms with Crippen LogP contribution in [0.4, 0.5) is 5.69 Å². The number of ether oxygens (including phenoxy) is 4. The predicted octanol–water partition coefficient (Wildman–Crippen LogP) is 1.99. The zero-order valence-electron chi connectivity index (χ0n) is 14.4. The van der Waals surface area contributed by atoms with E-state index in [9.17, 15) is 4.79 Å². The van der Waals surface area contributed by atoms with Crippen LogP contribution >= 0.6 is 0 Å². The van der Waals surface area contributed by atoms with E-state index in [4.69, 9.17) is 18.9 Å². The van der Waals surface area contributed by atoms with Crippen LogP contribution in [0, 0.1) is 0 Å². The van der Waals surface area contributed by atoms with Crippen molar-refractivity contribution in [1.82, 2.24) is 5.43 Å². The van der Waals surface area contributed by atoms with Crippen LogP contribution in [0.15, 0.2) is 41.5 Å². The number of hydrogen-bond donors (Lipinski definition) is 2. The second-order valence-electron chi connectivity index (χ2n) is 5.30. The largest absolute Gasteiger partial charge is 0.493 e. The number of hydrazone groups is 1. The van der Waals surface area contributed by atoms with E-state index in [2.05, 4.69) is 15.8 Å². The van der Waals surface area contributed by atoms with E-state index in [-0.39, 0.29) is 19.2 Å². The number of benzene rings is 2.